The average Bonchev–Trinajstić information content (AvgIpc) is 2.14. The lowest BCUT2D eigenvalue weighted by molar-refractivity contribution is 0.101. The summed E-state index contributed by atoms with van der Waals surface area (Å²) in [5.74, 6) is 0.681. The zero-order chi connectivity index (χ0) is 5.98. The Labute approximate surface area is 50.0 Å². The standard InChI is InChI=1S/C6H13NO/c1-5-2-3-8-6(5)4-7/h5-6H,2-4,7H2,1H3. The van der Waals surface area contributed by atoms with Crippen LogP contribution in [0.4, 0.5) is 0 Å². The Kier molecular flexibility index (Phi) is 1.86. The fourth-order valence-corrected chi connectivity index (χ4v) is 1.06. The van der Waals surface area contributed by atoms with Crippen molar-refractivity contribution < 1.29 is 4.74 Å². The van der Waals surface area contributed by atoms with E-state index >= 15 is 0 Å². The molecule has 0 bridgehead atoms. The number of nitrogens with two attached hydrogens (primary N) is 1. The highest BCUT2D eigenvalue weighted by Crippen LogP contribution is 2.18. The Bertz CT molecular complexity index is 74.9. The fraction of sp³-hybridized carbons (Fsp3) is 1.00. The van der Waals surface area contributed by atoms with E-state index in [1.807, 2.05) is 0 Å². The molecule has 1 rings (SSSR count). The Hall–Kier alpha value is -0.0800. The molecule has 48 valence electrons. The summed E-state index contributed by atoms with van der Waals surface area (Å²) >= 11 is 0. The Balaban J connectivity index is 2.30. The van der Waals surface area contributed by atoms with Gasteiger partial charge in [-0.3, -0.25) is 0 Å². The van der Waals surface area contributed by atoms with E-state index in [9.17, 15) is 0 Å². The number of hydrogen-bond donors (Lipinski definition) is 1. The molecule has 2 atom stereocenters. The van der Waals surface area contributed by atoms with Crippen LogP contribution in [0, 0.1) is 5.92 Å². The van der Waals surface area contributed by atoms with Gasteiger partial charge in [0.15, 0.2) is 0 Å². The lowest BCUT2D eigenvalue weighted by Crippen LogP contribution is -2.23. The Morgan fingerprint density at radius 2 is 2.50 bits per heavy atom. The van der Waals surface area contributed by atoms with Crippen LogP contribution in [0.15, 0.2) is 0 Å². The van der Waals surface area contributed by atoms with E-state index in [1.165, 1.54) is 6.42 Å². The quantitative estimate of drug-likeness (QED) is 0.536. The van der Waals surface area contributed by atoms with Crippen LogP contribution in [0.3, 0.4) is 0 Å². The molecule has 0 amide bonds. The van der Waals surface area contributed by atoms with Gasteiger partial charge in [0.2, 0.25) is 0 Å². The first kappa shape index (κ1) is 6.05. The molecule has 2 unspecified atom stereocenters. The van der Waals surface area contributed by atoms with Crippen LogP contribution in [-0.2, 0) is 4.74 Å². The van der Waals surface area contributed by atoms with Crippen molar-refractivity contribution in [3.63, 3.8) is 0 Å². The molecule has 1 fully saturated rings. The van der Waals surface area contributed by atoms with E-state index in [0.717, 1.165) is 6.61 Å². The summed E-state index contributed by atoms with van der Waals surface area (Å²) in [5.41, 5.74) is 5.40. The van der Waals surface area contributed by atoms with Gasteiger partial charge >= 0.3 is 0 Å². The van der Waals surface area contributed by atoms with Crippen molar-refractivity contribution in [2.75, 3.05) is 13.2 Å². The van der Waals surface area contributed by atoms with Crippen molar-refractivity contribution in [2.45, 2.75) is 19.4 Å². The fourth-order valence-electron chi connectivity index (χ4n) is 1.06. The zero-order valence-electron chi connectivity index (χ0n) is 5.26. The molecule has 0 aliphatic carbocycles. The van der Waals surface area contributed by atoms with Crippen LogP contribution < -0.4 is 5.73 Å². The maximum absolute atomic E-state index is 5.40. The van der Waals surface area contributed by atoms with Gasteiger partial charge in [0, 0.05) is 13.2 Å². The minimum Gasteiger partial charge on any atom is -0.377 e. The molecule has 2 N–H and O–H groups in total. The van der Waals surface area contributed by atoms with Gasteiger partial charge in [-0.2, -0.15) is 0 Å². The van der Waals surface area contributed by atoms with Crippen LogP contribution in [0.25, 0.3) is 0 Å². The van der Waals surface area contributed by atoms with Gasteiger partial charge in [0.05, 0.1) is 6.10 Å². The number of rotatable bonds is 1. The highest BCUT2D eigenvalue weighted by molar-refractivity contribution is 4.72. The molecule has 1 aliphatic rings. The van der Waals surface area contributed by atoms with Crippen LogP contribution in [0.5, 0.6) is 0 Å². The molecule has 2 nitrogen and oxygen atoms in total. The van der Waals surface area contributed by atoms with E-state index < -0.39 is 0 Å². The summed E-state index contributed by atoms with van der Waals surface area (Å²) in [6, 6.07) is 0. The first-order valence-corrected chi connectivity index (χ1v) is 3.16. The highest BCUT2D eigenvalue weighted by Gasteiger charge is 2.21. The van der Waals surface area contributed by atoms with Gasteiger partial charge in [-0.1, -0.05) is 6.92 Å². The molecular weight excluding hydrogens is 102 g/mol. The Morgan fingerprint density at radius 1 is 1.75 bits per heavy atom. The van der Waals surface area contributed by atoms with Gasteiger partial charge in [-0.25, -0.2) is 0 Å². The van der Waals surface area contributed by atoms with Gasteiger partial charge in [-0.05, 0) is 12.3 Å². The third kappa shape index (κ3) is 1.01. The summed E-state index contributed by atoms with van der Waals surface area (Å²) in [6.07, 6.45) is 1.52. The normalized spacial score (nSPS) is 38.2. The average molecular weight is 115 g/mol. The highest BCUT2D eigenvalue weighted by atomic mass is 16.5. The smallest absolute Gasteiger partial charge is 0.0723 e. The third-order valence-electron chi connectivity index (χ3n) is 1.77. The first-order chi connectivity index (χ1) is 3.84. The molecule has 1 saturated heterocycles. The summed E-state index contributed by atoms with van der Waals surface area (Å²) in [4.78, 5) is 0. The summed E-state index contributed by atoms with van der Waals surface area (Å²) in [5, 5.41) is 0. The van der Waals surface area contributed by atoms with Crippen LogP contribution in [0.2, 0.25) is 0 Å². The van der Waals surface area contributed by atoms with Crippen molar-refractivity contribution >= 4 is 0 Å². The molecule has 8 heavy (non-hydrogen) atoms. The topological polar surface area (TPSA) is 35.2 Å². The van der Waals surface area contributed by atoms with Gasteiger partial charge in [0.25, 0.3) is 0 Å². The molecular formula is C6H13NO. The lowest BCUT2D eigenvalue weighted by atomic mass is 10.1. The third-order valence-corrected chi connectivity index (χ3v) is 1.77. The molecule has 0 radical (unpaired) electrons. The van der Waals surface area contributed by atoms with Crippen LogP contribution in [0.1, 0.15) is 13.3 Å². The van der Waals surface area contributed by atoms with Crippen molar-refractivity contribution in [1.29, 1.82) is 0 Å². The summed E-state index contributed by atoms with van der Waals surface area (Å²) in [7, 11) is 0. The Morgan fingerprint density at radius 3 is 2.75 bits per heavy atom. The van der Waals surface area contributed by atoms with Gasteiger partial charge in [0.1, 0.15) is 0 Å². The second-order valence-electron chi connectivity index (χ2n) is 2.41. The van der Waals surface area contributed by atoms with E-state index in [1.54, 1.807) is 0 Å². The van der Waals surface area contributed by atoms with E-state index in [-0.39, 0.29) is 0 Å². The summed E-state index contributed by atoms with van der Waals surface area (Å²) < 4.78 is 5.29. The molecule has 0 saturated carbocycles. The number of hydrogen-bond acceptors (Lipinski definition) is 2. The minimum atomic E-state index is 0.343. The second kappa shape index (κ2) is 2.46. The van der Waals surface area contributed by atoms with E-state index in [0.29, 0.717) is 18.6 Å². The van der Waals surface area contributed by atoms with Crippen LogP contribution in [-0.4, -0.2) is 19.3 Å². The monoisotopic (exact) mass is 115 g/mol. The predicted molar refractivity (Wildman–Crippen MR) is 32.6 cm³/mol. The largest absolute Gasteiger partial charge is 0.377 e. The molecule has 2 heteroatoms. The molecule has 1 aliphatic heterocycles. The number of ether oxygens (including phenoxy) is 1. The molecule has 0 aromatic heterocycles. The van der Waals surface area contributed by atoms with Crippen molar-refractivity contribution in [2.24, 2.45) is 11.7 Å². The van der Waals surface area contributed by atoms with Crippen molar-refractivity contribution in [3.05, 3.63) is 0 Å². The molecule has 0 aromatic carbocycles. The van der Waals surface area contributed by atoms with Gasteiger partial charge in [-0.15, -0.1) is 0 Å². The van der Waals surface area contributed by atoms with Gasteiger partial charge < -0.3 is 10.5 Å². The summed E-state index contributed by atoms with van der Waals surface area (Å²) in [6.45, 7) is 3.77. The zero-order valence-corrected chi connectivity index (χ0v) is 5.26. The van der Waals surface area contributed by atoms with E-state index in [4.69, 9.17) is 10.5 Å². The molecule has 0 aromatic rings. The predicted octanol–water partition coefficient (Wildman–Crippen LogP) is 0.370. The molecule has 0 spiro atoms. The SMILES string of the molecule is CC1CCOC1CN. The molecule has 1 heterocycles. The first-order valence-electron chi connectivity index (χ1n) is 3.16. The lowest BCUT2D eigenvalue weighted by Gasteiger charge is -2.09. The maximum atomic E-state index is 5.40. The van der Waals surface area contributed by atoms with Crippen LogP contribution >= 0.6 is 0 Å². The van der Waals surface area contributed by atoms with E-state index in [2.05, 4.69) is 6.92 Å². The maximum Gasteiger partial charge on any atom is 0.0723 e. The van der Waals surface area contributed by atoms with Crippen molar-refractivity contribution in [1.82, 2.24) is 0 Å². The minimum absolute atomic E-state index is 0.343. The van der Waals surface area contributed by atoms with Crippen molar-refractivity contribution in [3.8, 4) is 0 Å². The second-order valence-corrected chi connectivity index (χ2v) is 2.41.